The van der Waals surface area contributed by atoms with Gasteiger partial charge in [-0.2, -0.15) is 0 Å². The molecular weight excluding hydrogens is 362 g/mol. The van der Waals surface area contributed by atoms with Gasteiger partial charge in [-0.1, -0.05) is 24.3 Å². The number of anilines is 1. The van der Waals surface area contributed by atoms with Crippen molar-refractivity contribution in [3.05, 3.63) is 39.8 Å². The minimum absolute atomic E-state index is 0.128. The highest BCUT2D eigenvalue weighted by atomic mass is 32.1. The Morgan fingerprint density at radius 2 is 2.00 bits per heavy atom. The number of hydrogen-bond acceptors (Lipinski definition) is 6. The van der Waals surface area contributed by atoms with Crippen LogP contribution in [0.3, 0.4) is 0 Å². The number of nitrogens with zero attached hydrogens (tertiary/aromatic N) is 3. The van der Waals surface area contributed by atoms with Crippen LogP contribution >= 0.6 is 11.3 Å². The lowest BCUT2D eigenvalue weighted by molar-refractivity contribution is 0.0950. The second-order valence-corrected chi connectivity index (χ2v) is 7.61. The van der Waals surface area contributed by atoms with E-state index in [0.717, 1.165) is 24.4 Å². The van der Waals surface area contributed by atoms with Gasteiger partial charge in [0.1, 0.15) is 5.01 Å². The fraction of sp³-hybridized carbons (Fsp3) is 0.474. The van der Waals surface area contributed by atoms with Crippen LogP contribution in [-0.4, -0.2) is 53.1 Å². The Labute approximate surface area is 163 Å². The summed E-state index contributed by atoms with van der Waals surface area (Å²) in [6.07, 6.45) is 4.25. The quantitative estimate of drug-likeness (QED) is 0.680. The zero-order valence-electron chi connectivity index (χ0n) is 15.5. The molecule has 3 rings (SSSR count). The van der Waals surface area contributed by atoms with Gasteiger partial charge in [0, 0.05) is 17.8 Å². The van der Waals surface area contributed by atoms with Gasteiger partial charge >= 0.3 is 0 Å². The number of rotatable bonds is 8. The highest BCUT2D eigenvalue weighted by Crippen LogP contribution is 2.15. The van der Waals surface area contributed by atoms with E-state index < -0.39 is 0 Å². The van der Waals surface area contributed by atoms with Crippen LogP contribution < -0.4 is 10.6 Å². The summed E-state index contributed by atoms with van der Waals surface area (Å²) in [6.45, 7) is 5.98. The second-order valence-electron chi connectivity index (χ2n) is 6.55. The van der Waals surface area contributed by atoms with Gasteiger partial charge in [-0.25, -0.2) is 0 Å². The summed E-state index contributed by atoms with van der Waals surface area (Å²) >= 11 is 1.28. The smallest absolute Gasteiger partial charge is 0.286 e. The van der Waals surface area contributed by atoms with E-state index in [1.165, 1.54) is 37.3 Å². The van der Waals surface area contributed by atoms with Crippen LogP contribution in [0.25, 0.3) is 0 Å². The van der Waals surface area contributed by atoms with Crippen LogP contribution in [-0.2, 0) is 6.42 Å². The minimum Gasteiger partial charge on any atom is -0.352 e. The number of likely N-dealkylation sites (tertiary alicyclic amines) is 1. The monoisotopic (exact) mass is 387 g/mol. The fourth-order valence-electron chi connectivity index (χ4n) is 3.02. The predicted octanol–water partition coefficient (Wildman–Crippen LogP) is 2.57. The number of amides is 2. The standard InChI is InChI=1S/C19H25N5O2S/c1-2-16-22-23-19(27-16)18(26)21-15-8-5-7-14(13-15)17(25)20-9-6-12-24-10-3-4-11-24/h5,7-8,13H,2-4,6,9-12H2,1H3,(H,20,25)(H,21,26). The fourth-order valence-corrected chi connectivity index (χ4v) is 3.70. The number of benzene rings is 1. The van der Waals surface area contributed by atoms with Crippen LogP contribution in [0, 0.1) is 0 Å². The molecule has 0 unspecified atom stereocenters. The molecule has 1 fully saturated rings. The van der Waals surface area contributed by atoms with E-state index in [9.17, 15) is 9.59 Å². The maximum atomic E-state index is 12.3. The topological polar surface area (TPSA) is 87.2 Å². The largest absolute Gasteiger partial charge is 0.352 e. The van der Waals surface area contributed by atoms with Crippen LogP contribution in [0.2, 0.25) is 0 Å². The Hall–Kier alpha value is -2.32. The van der Waals surface area contributed by atoms with E-state index in [2.05, 4.69) is 25.7 Å². The molecule has 2 amide bonds. The van der Waals surface area contributed by atoms with Gasteiger partial charge in [-0.05, 0) is 63.5 Å². The van der Waals surface area contributed by atoms with Gasteiger partial charge in [-0.15, -0.1) is 10.2 Å². The van der Waals surface area contributed by atoms with Crippen molar-refractivity contribution in [2.45, 2.75) is 32.6 Å². The van der Waals surface area contributed by atoms with Gasteiger partial charge < -0.3 is 15.5 Å². The summed E-state index contributed by atoms with van der Waals surface area (Å²) in [6, 6.07) is 6.93. The molecule has 0 saturated carbocycles. The van der Waals surface area contributed by atoms with Crippen LogP contribution in [0.5, 0.6) is 0 Å². The molecule has 0 atom stereocenters. The second kappa shape index (κ2) is 9.57. The first-order chi connectivity index (χ1) is 13.2. The Morgan fingerprint density at radius 1 is 1.19 bits per heavy atom. The number of carbonyl (C=O) groups excluding carboxylic acids is 2. The highest BCUT2D eigenvalue weighted by Gasteiger charge is 2.14. The Morgan fingerprint density at radius 3 is 2.74 bits per heavy atom. The molecule has 0 spiro atoms. The Bertz CT molecular complexity index is 786. The summed E-state index contributed by atoms with van der Waals surface area (Å²) in [5, 5.41) is 14.7. The molecule has 2 aromatic rings. The zero-order valence-corrected chi connectivity index (χ0v) is 16.3. The average Bonchev–Trinajstić information content (AvgIpc) is 3.37. The summed E-state index contributed by atoms with van der Waals surface area (Å²) in [4.78, 5) is 27.0. The number of carbonyl (C=O) groups is 2. The molecule has 1 aliphatic rings. The number of aryl methyl sites for hydroxylation is 1. The lowest BCUT2D eigenvalue weighted by atomic mass is 10.2. The van der Waals surface area contributed by atoms with E-state index in [0.29, 0.717) is 22.8 Å². The van der Waals surface area contributed by atoms with Crippen molar-refractivity contribution < 1.29 is 9.59 Å². The lowest BCUT2D eigenvalue weighted by Crippen LogP contribution is -2.28. The van der Waals surface area contributed by atoms with Crippen molar-refractivity contribution in [3.63, 3.8) is 0 Å². The van der Waals surface area contributed by atoms with Crippen LogP contribution in [0.1, 0.15) is 51.4 Å². The first kappa shape index (κ1) is 19.4. The van der Waals surface area contributed by atoms with Crippen molar-refractivity contribution in [3.8, 4) is 0 Å². The van der Waals surface area contributed by atoms with Crippen molar-refractivity contribution in [2.75, 3.05) is 31.5 Å². The number of hydrogen-bond donors (Lipinski definition) is 2. The third kappa shape index (κ3) is 5.58. The van der Waals surface area contributed by atoms with Crippen molar-refractivity contribution >= 4 is 28.8 Å². The average molecular weight is 388 g/mol. The molecule has 7 nitrogen and oxygen atoms in total. The molecular formula is C19H25N5O2S. The van der Waals surface area contributed by atoms with E-state index in [4.69, 9.17) is 0 Å². The van der Waals surface area contributed by atoms with E-state index in [1.807, 2.05) is 6.92 Å². The number of aromatic nitrogens is 2. The summed E-state index contributed by atoms with van der Waals surface area (Å²) in [5.41, 5.74) is 1.10. The molecule has 1 aliphatic heterocycles. The molecule has 0 aliphatic carbocycles. The van der Waals surface area contributed by atoms with Crippen LogP contribution in [0.15, 0.2) is 24.3 Å². The maximum absolute atomic E-state index is 12.3. The molecule has 0 radical (unpaired) electrons. The molecule has 0 bridgehead atoms. The van der Waals surface area contributed by atoms with Gasteiger partial charge in [-0.3, -0.25) is 9.59 Å². The lowest BCUT2D eigenvalue weighted by Gasteiger charge is -2.14. The molecule has 144 valence electrons. The maximum Gasteiger partial charge on any atom is 0.286 e. The van der Waals surface area contributed by atoms with E-state index in [1.54, 1.807) is 24.3 Å². The zero-order chi connectivity index (χ0) is 19.1. The molecule has 2 heterocycles. The van der Waals surface area contributed by atoms with Crippen molar-refractivity contribution in [1.29, 1.82) is 0 Å². The van der Waals surface area contributed by atoms with Gasteiger partial charge in [0.15, 0.2) is 0 Å². The predicted molar refractivity (Wildman–Crippen MR) is 106 cm³/mol. The highest BCUT2D eigenvalue weighted by molar-refractivity contribution is 7.13. The number of nitrogens with one attached hydrogen (secondary N) is 2. The van der Waals surface area contributed by atoms with Crippen molar-refractivity contribution in [1.82, 2.24) is 20.4 Å². The van der Waals surface area contributed by atoms with Gasteiger partial charge in [0.2, 0.25) is 5.01 Å². The first-order valence-electron chi connectivity index (χ1n) is 9.40. The molecule has 27 heavy (non-hydrogen) atoms. The molecule has 1 aromatic carbocycles. The minimum atomic E-state index is -0.310. The van der Waals surface area contributed by atoms with Gasteiger partial charge in [0.05, 0.1) is 0 Å². The van der Waals surface area contributed by atoms with E-state index in [-0.39, 0.29) is 11.8 Å². The molecule has 2 N–H and O–H groups in total. The molecule has 1 aromatic heterocycles. The SMILES string of the molecule is CCc1nnc(C(=O)Nc2cccc(C(=O)NCCCN3CCCC3)c2)s1. The van der Waals surface area contributed by atoms with Gasteiger partial charge in [0.25, 0.3) is 11.8 Å². The third-order valence-electron chi connectivity index (χ3n) is 4.48. The summed E-state index contributed by atoms with van der Waals surface area (Å²) in [7, 11) is 0. The summed E-state index contributed by atoms with van der Waals surface area (Å²) in [5.74, 6) is -0.438. The molecule has 1 saturated heterocycles. The van der Waals surface area contributed by atoms with Crippen molar-refractivity contribution in [2.24, 2.45) is 0 Å². The molecule has 8 heteroatoms. The normalized spacial score (nSPS) is 14.3. The first-order valence-corrected chi connectivity index (χ1v) is 10.2. The van der Waals surface area contributed by atoms with Crippen LogP contribution in [0.4, 0.5) is 5.69 Å². The third-order valence-corrected chi connectivity index (χ3v) is 5.55. The Balaban J connectivity index is 1.49. The van der Waals surface area contributed by atoms with E-state index >= 15 is 0 Å². The summed E-state index contributed by atoms with van der Waals surface area (Å²) < 4.78 is 0. The Kier molecular flexibility index (Phi) is 6.89.